The molecule has 0 amide bonds. The van der Waals surface area contributed by atoms with Gasteiger partial charge >= 0.3 is 0 Å². The predicted molar refractivity (Wildman–Crippen MR) is 117 cm³/mol. The fraction of sp³-hybridized carbons (Fsp3) is 0.852. The third-order valence-corrected chi connectivity index (χ3v) is 10.4. The summed E-state index contributed by atoms with van der Waals surface area (Å²) in [6.07, 6.45) is 17.2. The number of rotatable bonds is 1. The molecule has 1 nitrogen and oxygen atoms in total. The van der Waals surface area contributed by atoms with Gasteiger partial charge in [-0.15, -0.1) is 0 Å². The molecule has 0 aliphatic heterocycles. The Morgan fingerprint density at radius 3 is 2.36 bits per heavy atom. The van der Waals surface area contributed by atoms with Gasteiger partial charge < -0.3 is 5.11 Å². The minimum absolute atomic E-state index is 0.0924. The molecular weight excluding hydrogens is 340 g/mol. The SMILES string of the molecule is CC1=C(C2CCCCC2)[C@@]2(C)CC[C@@H]3[C@@H](C(C)C=C4CC(O)CC[C@@]43C)[C@@H]2C1. The fourth-order valence-corrected chi connectivity index (χ4v) is 9.17. The molecule has 3 saturated carbocycles. The first-order valence-corrected chi connectivity index (χ1v) is 12.4. The van der Waals surface area contributed by atoms with Crippen molar-refractivity contribution in [3.05, 3.63) is 22.8 Å². The van der Waals surface area contributed by atoms with Gasteiger partial charge in [-0.25, -0.2) is 0 Å². The van der Waals surface area contributed by atoms with Crippen LogP contribution in [0.5, 0.6) is 0 Å². The molecule has 2 unspecified atom stereocenters. The van der Waals surface area contributed by atoms with Crippen LogP contribution in [0.3, 0.4) is 0 Å². The Bertz CT molecular complexity index is 695. The van der Waals surface area contributed by atoms with E-state index in [1.165, 1.54) is 57.8 Å². The maximum Gasteiger partial charge on any atom is 0.0577 e. The third kappa shape index (κ3) is 2.67. The lowest BCUT2D eigenvalue weighted by Gasteiger charge is -2.60. The van der Waals surface area contributed by atoms with Gasteiger partial charge in [0.1, 0.15) is 0 Å². The van der Waals surface area contributed by atoms with Crippen molar-refractivity contribution < 1.29 is 5.11 Å². The molecule has 0 radical (unpaired) electrons. The first-order chi connectivity index (χ1) is 13.3. The molecule has 1 heteroatoms. The normalized spacial score (nSPS) is 49.3. The van der Waals surface area contributed by atoms with E-state index in [0.29, 0.717) is 16.7 Å². The number of fused-ring (bicyclic) bond motifs is 5. The Morgan fingerprint density at radius 1 is 0.893 bits per heavy atom. The average Bonchev–Trinajstić information content (AvgIpc) is 2.94. The van der Waals surface area contributed by atoms with Crippen LogP contribution in [0.2, 0.25) is 0 Å². The topological polar surface area (TPSA) is 20.2 Å². The lowest BCUT2D eigenvalue weighted by molar-refractivity contribution is -0.0506. The number of aliphatic hydroxyl groups is 1. The summed E-state index contributed by atoms with van der Waals surface area (Å²) in [5, 5.41) is 10.3. The van der Waals surface area contributed by atoms with E-state index in [9.17, 15) is 5.11 Å². The van der Waals surface area contributed by atoms with E-state index in [0.717, 1.165) is 36.5 Å². The number of aliphatic hydroxyl groups excluding tert-OH is 1. The molecule has 5 aliphatic carbocycles. The molecule has 1 N–H and O–H groups in total. The van der Waals surface area contributed by atoms with Crippen LogP contribution >= 0.6 is 0 Å². The zero-order valence-electron chi connectivity index (χ0n) is 18.8. The standard InChI is InChI=1S/C27H42O/c1-17-14-20-16-21(28)10-12-26(20,3)22-11-13-27(4)23(24(17)22)15-18(2)25(27)19-8-6-5-7-9-19/h14,17,19,21-24,28H,5-13,15-16H2,1-4H3/t17?,21?,22-,23+,24-,26+,27+/m1/s1. The molecule has 156 valence electrons. The van der Waals surface area contributed by atoms with Crippen molar-refractivity contribution in [3.8, 4) is 0 Å². The third-order valence-electron chi connectivity index (χ3n) is 10.4. The van der Waals surface area contributed by atoms with Crippen LogP contribution in [0.1, 0.15) is 98.3 Å². The number of hydrogen-bond donors (Lipinski definition) is 1. The van der Waals surface area contributed by atoms with Crippen LogP contribution in [0.25, 0.3) is 0 Å². The highest BCUT2D eigenvalue weighted by atomic mass is 16.3. The number of allylic oxidation sites excluding steroid dienone is 3. The van der Waals surface area contributed by atoms with Crippen molar-refractivity contribution in [2.45, 2.75) is 104 Å². The largest absolute Gasteiger partial charge is 0.393 e. The van der Waals surface area contributed by atoms with Crippen molar-refractivity contribution in [1.29, 1.82) is 0 Å². The van der Waals surface area contributed by atoms with E-state index in [2.05, 4.69) is 33.8 Å². The Labute approximate surface area is 173 Å². The average molecular weight is 383 g/mol. The highest BCUT2D eigenvalue weighted by Crippen LogP contribution is 2.68. The molecule has 0 bridgehead atoms. The summed E-state index contributed by atoms with van der Waals surface area (Å²) in [5.74, 6) is 4.12. The summed E-state index contributed by atoms with van der Waals surface area (Å²) < 4.78 is 0. The molecule has 0 aromatic heterocycles. The van der Waals surface area contributed by atoms with Gasteiger partial charge in [-0.3, -0.25) is 0 Å². The maximum atomic E-state index is 10.3. The number of hydrogen-bond acceptors (Lipinski definition) is 1. The highest BCUT2D eigenvalue weighted by Gasteiger charge is 2.59. The lowest BCUT2D eigenvalue weighted by Crippen LogP contribution is -2.52. The van der Waals surface area contributed by atoms with Crippen LogP contribution in [0.15, 0.2) is 22.8 Å². The molecule has 7 atom stereocenters. The molecule has 5 rings (SSSR count). The van der Waals surface area contributed by atoms with E-state index >= 15 is 0 Å². The van der Waals surface area contributed by atoms with Crippen LogP contribution in [-0.4, -0.2) is 11.2 Å². The van der Waals surface area contributed by atoms with Crippen molar-refractivity contribution >= 4 is 0 Å². The zero-order valence-corrected chi connectivity index (χ0v) is 18.8. The molecule has 0 heterocycles. The van der Waals surface area contributed by atoms with Gasteiger partial charge in [0.2, 0.25) is 0 Å². The fourth-order valence-electron chi connectivity index (χ4n) is 9.17. The lowest BCUT2D eigenvalue weighted by atomic mass is 9.45. The van der Waals surface area contributed by atoms with Crippen molar-refractivity contribution in [1.82, 2.24) is 0 Å². The van der Waals surface area contributed by atoms with E-state index in [4.69, 9.17) is 0 Å². The zero-order chi connectivity index (χ0) is 19.7. The highest BCUT2D eigenvalue weighted by molar-refractivity contribution is 5.35. The van der Waals surface area contributed by atoms with Gasteiger partial charge in [0, 0.05) is 0 Å². The van der Waals surface area contributed by atoms with E-state index in [1.807, 2.05) is 5.57 Å². The molecule has 5 aliphatic rings. The van der Waals surface area contributed by atoms with Crippen molar-refractivity contribution in [2.75, 3.05) is 0 Å². The summed E-state index contributed by atoms with van der Waals surface area (Å²) in [7, 11) is 0. The molecular formula is C27H42O. The van der Waals surface area contributed by atoms with Gasteiger partial charge in [0.15, 0.2) is 0 Å². The Kier molecular flexibility index (Phi) is 4.66. The molecule has 0 aromatic carbocycles. The minimum Gasteiger partial charge on any atom is -0.393 e. The van der Waals surface area contributed by atoms with Gasteiger partial charge in [-0.1, -0.05) is 62.8 Å². The van der Waals surface area contributed by atoms with Crippen LogP contribution in [0.4, 0.5) is 0 Å². The second kappa shape index (κ2) is 6.73. The molecule has 28 heavy (non-hydrogen) atoms. The van der Waals surface area contributed by atoms with Crippen LogP contribution in [0, 0.1) is 40.4 Å². The quantitative estimate of drug-likeness (QED) is 0.481. The second-order valence-corrected chi connectivity index (χ2v) is 11.8. The predicted octanol–water partition coefficient (Wildman–Crippen LogP) is 7.06. The molecule has 3 fully saturated rings. The summed E-state index contributed by atoms with van der Waals surface area (Å²) in [5.41, 5.74) is 6.16. The van der Waals surface area contributed by atoms with Crippen molar-refractivity contribution in [2.24, 2.45) is 40.4 Å². The Hall–Kier alpha value is -0.560. The maximum absolute atomic E-state index is 10.3. The van der Waals surface area contributed by atoms with Gasteiger partial charge in [-0.2, -0.15) is 0 Å². The van der Waals surface area contributed by atoms with E-state index in [1.54, 1.807) is 11.1 Å². The molecule has 0 spiro atoms. The van der Waals surface area contributed by atoms with Gasteiger partial charge in [0.25, 0.3) is 0 Å². The Balaban J connectivity index is 1.49. The van der Waals surface area contributed by atoms with E-state index < -0.39 is 0 Å². The summed E-state index contributed by atoms with van der Waals surface area (Å²) in [6.45, 7) is 10.2. The Morgan fingerprint density at radius 2 is 1.61 bits per heavy atom. The summed E-state index contributed by atoms with van der Waals surface area (Å²) in [6, 6.07) is 0. The van der Waals surface area contributed by atoms with Crippen LogP contribution in [-0.2, 0) is 0 Å². The van der Waals surface area contributed by atoms with Crippen LogP contribution < -0.4 is 0 Å². The molecule has 0 aromatic rings. The first-order valence-electron chi connectivity index (χ1n) is 12.4. The second-order valence-electron chi connectivity index (χ2n) is 11.8. The first kappa shape index (κ1) is 19.4. The monoisotopic (exact) mass is 382 g/mol. The summed E-state index contributed by atoms with van der Waals surface area (Å²) in [4.78, 5) is 0. The molecule has 0 saturated heterocycles. The smallest absolute Gasteiger partial charge is 0.0577 e. The summed E-state index contributed by atoms with van der Waals surface area (Å²) >= 11 is 0. The minimum atomic E-state index is -0.0924. The van der Waals surface area contributed by atoms with Crippen molar-refractivity contribution in [3.63, 3.8) is 0 Å². The van der Waals surface area contributed by atoms with Gasteiger partial charge in [0.05, 0.1) is 6.10 Å². The van der Waals surface area contributed by atoms with E-state index in [-0.39, 0.29) is 6.10 Å². The van der Waals surface area contributed by atoms with Gasteiger partial charge in [-0.05, 0) is 98.7 Å².